The van der Waals surface area contributed by atoms with Gasteiger partial charge in [0.15, 0.2) is 0 Å². The lowest BCUT2D eigenvalue weighted by atomic mass is 9.98. The number of hydrogen-bond donors (Lipinski definition) is 1. The molecule has 0 atom stereocenters. The first-order valence-electron chi connectivity index (χ1n) is 7.83. The maximum absolute atomic E-state index is 13.8. The van der Waals surface area contributed by atoms with E-state index in [0.29, 0.717) is 24.8 Å². The summed E-state index contributed by atoms with van der Waals surface area (Å²) in [6.07, 6.45) is 7.29. The Morgan fingerprint density at radius 3 is 2.86 bits per heavy atom. The number of nitrogens with one attached hydrogen (secondary N) is 1. The fraction of sp³-hybridized carbons (Fsp3) is 0.588. The molecule has 1 amide bonds. The highest BCUT2D eigenvalue weighted by atomic mass is 19.1. The van der Waals surface area contributed by atoms with Crippen molar-refractivity contribution in [2.24, 2.45) is 0 Å². The Kier molecular flexibility index (Phi) is 6.18. The Morgan fingerprint density at radius 2 is 2.10 bits per heavy atom. The number of benzene rings is 1. The molecule has 1 fully saturated rings. The molecule has 3 nitrogen and oxygen atoms in total. The predicted molar refractivity (Wildman–Crippen MR) is 80.9 cm³/mol. The lowest BCUT2D eigenvalue weighted by Crippen LogP contribution is -2.27. The van der Waals surface area contributed by atoms with Crippen molar-refractivity contribution in [1.82, 2.24) is 5.32 Å². The molecule has 0 heterocycles. The highest BCUT2D eigenvalue weighted by Crippen LogP contribution is 2.20. The summed E-state index contributed by atoms with van der Waals surface area (Å²) in [6, 6.07) is 4.86. The van der Waals surface area contributed by atoms with Crippen molar-refractivity contribution < 1.29 is 13.9 Å². The summed E-state index contributed by atoms with van der Waals surface area (Å²) in [6.45, 7) is 2.82. The number of ether oxygens (including phenoxy) is 1. The zero-order valence-corrected chi connectivity index (χ0v) is 12.7. The molecule has 116 valence electrons. The van der Waals surface area contributed by atoms with Gasteiger partial charge in [-0.2, -0.15) is 0 Å². The highest BCUT2D eigenvalue weighted by molar-refractivity contribution is 5.94. The fourth-order valence-electron chi connectivity index (χ4n) is 2.67. The molecule has 1 N–H and O–H groups in total. The molecule has 0 spiro atoms. The minimum Gasteiger partial charge on any atom is -0.378 e. The van der Waals surface area contributed by atoms with Gasteiger partial charge in [-0.3, -0.25) is 4.79 Å². The van der Waals surface area contributed by atoms with Gasteiger partial charge in [0.05, 0.1) is 11.7 Å². The monoisotopic (exact) mass is 293 g/mol. The van der Waals surface area contributed by atoms with E-state index in [1.54, 1.807) is 19.1 Å². The number of amides is 1. The molecule has 2 rings (SSSR count). The van der Waals surface area contributed by atoms with E-state index in [-0.39, 0.29) is 11.5 Å². The third-order valence-corrected chi connectivity index (χ3v) is 3.95. The minimum atomic E-state index is -0.437. The van der Waals surface area contributed by atoms with Gasteiger partial charge in [0.2, 0.25) is 0 Å². The van der Waals surface area contributed by atoms with Gasteiger partial charge in [0, 0.05) is 13.2 Å². The molecule has 0 saturated heterocycles. The molecule has 0 aromatic heterocycles. The summed E-state index contributed by atoms with van der Waals surface area (Å²) in [5, 5.41) is 2.75. The van der Waals surface area contributed by atoms with Crippen molar-refractivity contribution in [2.75, 3.05) is 13.2 Å². The van der Waals surface area contributed by atoms with Crippen molar-refractivity contribution >= 4 is 5.91 Å². The second kappa shape index (κ2) is 8.13. The number of rotatable bonds is 6. The van der Waals surface area contributed by atoms with E-state index in [1.807, 2.05) is 0 Å². The van der Waals surface area contributed by atoms with Crippen LogP contribution in [0.3, 0.4) is 0 Å². The summed E-state index contributed by atoms with van der Waals surface area (Å²) < 4.78 is 19.6. The molecular formula is C17H24FNO2. The Hall–Kier alpha value is -1.42. The van der Waals surface area contributed by atoms with Crippen LogP contribution in [0.1, 0.15) is 54.4 Å². The van der Waals surface area contributed by atoms with E-state index in [1.165, 1.54) is 25.3 Å². The van der Waals surface area contributed by atoms with Crippen LogP contribution in [0.25, 0.3) is 0 Å². The first-order chi connectivity index (χ1) is 10.2. The van der Waals surface area contributed by atoms with Crippen LogP contribution in [0.2, 0.25) is 0 Å². The SMILES string of the molecule is Cc1cccc(C(=O)NCCCOC2CCCCC2)c1F. The molecule has 1 saturated carbocycles. The Bertz CT molecular complexity index is 470. The van der Waals surface area contributed by atoms with Crippen LogP contribution in [0, 0.1) is 12.7 Å². The number of aryl methyl sites for hydroxylation is 1. The van der Waals surface area contributed by atoms with Crippen LogP contribution in [0.5, 0.6) is 0 Å². The molecule has 0 radical (unpaired) electrons. The van der Waals surface area contributed by atoms with Gasteiger partial charge >= 0.3 is 0 Å². The van der Waals surface area contributed by atoms with Gasteiger partial charge in [-0.1, -0.05) is 31.4 Å². The van der Waals surface area contributed by atoms with Crippen LogP contribution >= 0.6 is 0 Å². The second-order valence-electron chi connectivity index (χ2n) is 5.68. The fourth-order valence-corrected chi connectivity index (χ4v) is 2.67. The molecule has 1 aromatic rings. The van der Waals surface area contributed by atoms with E-state index in [9.17, 15) is 9.18 Å². The first kappa shape index (κ1) is 16.0. The Balaban J connectivity index is 1.66. The number of hydrogen-bond acceptors (Lipinski definition) is 2. The molecule has 4 heteroatoms. The standard InChI is InChI=1S/C17H24FNO2/c1-13-7-5-10-15(16(13)18)17(20)19-11-6-12-21-14-8-3-2-4-9-14/h5,7,10,14H,2-4,6,8-9,11-12H2,1H3,(H,19,20). The van der Waals surface area contributed by atoms with Gasteiger partial charge in [0.25, 0.3) is 5.91 Å². The summed E-state index contributed by atoms with van der Waals surface area (Å²) in [5.74, 6) is -0.790. The van der Waals surface area contributed by atoms with Gasteiger partial charge in [-0.25, -0.2) is 4.39 Å². The largest absolute Gasteiger partial charge is 0.378 e. The molecule has 1 aromatic carbocycles. The van der Waals surface area contributed by atoms with E-state index < -0.39 is 5.82 Å². The smallest absolute Gasteiger partial charge is 0.254 e. The summed E-state index contributed by atoms with van der Waals surface area (Å²) in [5.41, 5.74) is 0.603. The van der Waals surface area contributed by atoms with Crippen LogP contribution in [-0.4, -0.2) is 25.2 Å². The van der Waals surface area contributed by atoms with E-state index in [4.69, 9.17) is 4.74 Å². The normalized spacial score (nSPS) is 15.9. The molecule has 0 aliphatic heterocycles. The number of halogens is 1. The highest BCUT2D eigenvalue weighted by Gasteiger charge is 2.14. The Morgan fingerprint density at radius 1 is 1.33 bits per heavy atom. The van der Waals surface area contributed by atoms with Gasteiger partial charge in [-0.15, -0.1) is 0 Å². The van der Waals surface area contributed by atoms with E-state index in [2.05, 4.69) is 5.32 Å². The lowest BCUT2D eigenvalue weighted by molar-refractivity contribution is 0.0273. The first-order valence-corrected chi connectivity index (χ1v) is 7.83. The van der Waals surface area contributed by atoms with E-state index in [0.717, 1.165) is 19.3 Å². The quantitative estimate of drug-likeness (QED) is 0.814. The minimum absolute atomic E-state index is 0.114. The third kappa shape index (κ3) is 4.81. The van der Waals surface area contributed by atoms with Gasteiger partial charge < -0.3 is 10.1 Å². The number of carbonyl (C=O) groups is 1. The maximum Gasteiger partial charge on any atom is 0.254 e. The molecule has 0 unspecified atom stereocenters. The van der Waals surface area contributed by atoms with Crippen molar-refractivity contribution in [1.29, 1.82) is 0 Å². The van der Waals surface area contributed by atoms with Crippen LogP contribution in [0.4, 0.5) is 4.39 Å². The second-order valence-corrected chi connectivity index (χ2v) is 5.68. The van der Waals surface area contributed by atoms with Crippen LogP contribution < -0.4 is 5.32 Å². The number of carbonyl (C=O) groups excluding carboxylic acids is 1. The zero-order valence-electron chi connectivity index (χ0n) is 12.7. The molecule has 0 bridgehead atoms. The molecule has 21 heavy (non-hydrogen) atoms. The van der Waals surface area contributed by atoms with Crippen molar-refractivity contribution in [2.45, 2.75) is 51.6 Å². The molecule has 1 aliphatic carbocycles. The Labute approximate surface area is 125 Å². The van der Waals surface area contributed by atoms with Gasteiger partial charge in [-0.05, 0) is 37.8 Å². The van der Waals surface area contributed by atoms with Crippen molar-refractivity contribution in [3.05, 3.63) is 35.1 Å². The van der Waals surface area contributed by atoms with Gasteiger partial charge in [0.1, 0.15) is 5.82 Å². The average Bonchev–Trinajstić information content (AvgIpc) is 2.50. The lowest BCUT2D eigenvalue weighted by Gasteiger charge is -2.21. The topological polar surface area (TPSA) is 38.3 Å². The maximum atomic E-state index is 13.8. The third-order valence-electron chi connectivity index (χ3n) is 3.95. The van der Waals surface area contributed by atoms with E-state index >= 15 is 0 Å². The van der Waals surface area contributed by atoms with Crippen LogP contribution in [0.15, 0.2) is 18.2 Å². The average molecular weight is 293 g/mol. The molecular weight excluding hydrogens is 269 g/mol. The van der Waals surface area contributed by atoms with Crippen molar-refractivity contribution in [3.8, 4) is 0 Å². The zero-order chi connectivity index (χ0) is 15.1. The summed E-state index contributed by atoms with van der Waals surface area (Å²) in [4.78, 5) is 11.9. The molecule has 1 aliphatic rings. The summed E-state index contributed by atoms with van der Waals surface area (Å²) >= 11 is 0. The summed E-state index contributed by atoms with van der Waals surface area (Å²) in [7, 11) is 0. The van der Waals surface area contributed by atoms with Crippen LogP contribution in [-0.2, 0) is 4.74 Å². The van der Waals surface area contributed by atoms with Crippen molar-refractivity contribution in [3.63, 3.8) is 0 Å². The predicted octanol–water partition coefficient (Wildman–Crippen LogP) is 3.60.